The first-order valence-corrected chi connectivity index (χ1v) is 4.51. The molecule has 1 heterocycles. The van der Waals surface area contributed by atoms with E-state index < -0.39 is 0 Å². The summed E-state index contributed by atoms with van der Waals surface area (Å²) < 4.78 is 0. The highest BCUT2D eigenvalue weighted by atomic mass is 16.3. The van der Waals surface area contributed by atoms with Crippen LogP contribution < -0.4 is 0 Å². The third-order valence-electron chi connectivity index (χ3n) is 2.13. The van der Waals surface area contributed by atoms with Crippen molar-refractivity contribution in [3.05, 3.63) is 36.8 Å². The van der Waals surface area contributed by atoms with Crippen molar-refractivity contribution in [3.63, 3.8) is 0 Å². The van der Waals surface area contributed by atoms with E-state index in [-0.39, 0.29) is 0 Å². The van der Waals surface area contributed by atoms with Gasteiger partial charge in [-0.25, -0.2) is 0 Å². The summed E-state index contributed by atoms with van der Waals surface area (Å²) in [5.74, 6) is 0.721. The van der Waals surface area contributed by atoms with Crippen molar-refractivity contribution in [2.75, 3.05) is 0 Å². The van der Waals surface area contributed by atoms with Gasteiger partial charge in [0.25, 0.3) is 0 Å². The van der Waals surface area contributed by atoms with Gasteiger partial charge >= 0.3 is 0 Å². The third kappa shape index (κ3) is 2.49. The fraction of sp³-hybridized carbons (Fsp3) is 0.400. The van der Waals surface area contributed by atoms with Gasteiger partial charge in [0.15, 0.2) is 0 Å². The van der Waals surface area contributed by atoms with Crippen molar-refractivity contribution >= 4 is 0 Å². The van der Waals surface area contributed by atoms with Gasteiger partial charge in [-0.3, -0.25) is 9.97 Å². The van der Waals surface area contributed by atoms with E-state index in [1.165, 1.54) is 12.8 Å². The van der Waals surface area contributed by atoms with Gasteiger partial charge in [0, 0.05) is 12.4 Å². The summed E-state index contributed by atoms with van der Waals surface area (Å²) in [6.45, 7) is 0. The Bertz CT molecular complexity index is 259. The molecule has 1 N–H and O–H groups in total. The lowest BCUT2D eigenvalue weighted by molar-refractivity contribution is 0.314. The van der Waals surface area contributed by atoms with Crippen LogP contribution >= 0.6 is 0 Å². The van der Waals surface area contributed by atoms with E-state index in [1.807, 2.05) is 0 Å². The molecule has 1 aromatic rings. The second-order valence-electron chi connectivity index (χ2n) is 3.31. The lowest BCUT2D eigenvalue weighted by atomic mass is 10.1. The van der Waals surface area contributed by atoms with Crippen molar-refractivity contribution < 1.29 is 5.11 Å². The molecule has 3 nitrogen and oxygen atoms in total. The molecule has 0 aliphatic heterocycles. The molecular weight excluding hydrogens is 164 g/mol. The minimum Gasteiger partial charge on any atom is -0.380 e. The molecule has 1 aromatic heterocycles. The van der Waals surface area contributed by atoms with E-state index in [4.69, 9.17) is 0 Å². The standard InChI is InChI=1S/C10H12N2O/c13-10(4-3-8-1-2-8)9-7-11-5-6-12-9/h3,5-8,13H,1-2,4H2. The van der Waals surface area contributed by atoms with Crippen LogP contribution in [0.15, 0.2) is 18.6 Å². The predicted molar refractivity (Wildman–Crippen MR) is 48.0 cm³/mol. The normalized spacial score (nSPS) is 16.5. The lowest BCUT2D eigenvalue weighted by Gasteiger charge is -2.06. The van der Waals surface area contributed by atoms with Gasteiger partial charge in [-0.15, -0.1) is 0 Å². The molecule has 0 unspecified atom stereocenters. The molecule has 68 valence electrons. The maximum absolute atomic E-state index is 9.58. The third-order valence-corrected chi connectivity index (χ3v) is 2.13. The second kappa shape index (κ2) is 3.83. The van der Waals surface area contributed by atoms with E-state index in [0.29, 0.717) is 18.2 Å². The van der Waals surface area contributed by atoms with Crippen molar-refractivity contribution in [1.82, 2.24) is 9.97 Å². The van der Waals surface area contributed by atoms with Crippen molar-refractivity contribution in [2.45, 2.75) is 19.3 Å². The highest BCUT2D eigenvalue weighted by Crippen LogP contribution is 2.34. The van der Waals surface area contributed by atoms with E-state index in [1.54, 1.807) is 18.6 Å². The van der Waals surface area contributed by atoms with Gasteiger partial charge in [-0.1, -0.05) is 0 Å². The van der Waals surface area contributed by atoms with E-state index >= 15 is 0 Å². The van der Waals surface area contributed by atoms with Crippen molar-refractivity contribution in [1.29, 1.82) is 0 Å². The molecule has 1 fully saturated rings. The second-order valence-corrected chi connectivity index (χ2v) is 3.31. The Kier molecular flexibility index (Phi) is 2.54. The van der Waals surface area contributed by atoms with Crippen LogP contribution in [0.25, 0.3) is 0 Å². The minimum atomic E-state index is 0.319. The Morgan fingerprint density at radius 1 is 1.54 bits per heavy atom. The molecule has 1 aliphatic carbocycles. The van der Waals surface area contributed by atoms with Gasteiger partial charge in [0.05, 0.1) is 11.9 Å². The highest BCUT2D eigenvalue weighted by molar-refractivity contribution is 5.15. The lowest BCUT2D eigenvalue weighted by Crippen LogP contribution is -2.02. The van der Waals surface area contributed by atoms with E-state index in [9.17, 15) is 5.11 Å². The molecule has 2 radical (unpaired) electrons. The molecule has 0 amide bonds. The smallest absolute Gasteiger partial charge is 0.143 e. The Labute approximate surface area is 77.8 Å². The van der Waals surface area contributed by atoms with Crippen molar-refractivity contribution in [3.8, 4) is 0 Å². The Morgan fingerprint density at radius 2 is 2.38 bits per heavy atom. The van der Waals surface area contributed by atoms with Gasteiger partial charge in [0.1, 0.15) is 6.10 Å². The van der Waals surface area contributed by atoms with Gasteiger partial charge in [0.2, 0.25) is 0 Å². The number of hydrogen-bond donors (Lipinski definition) is 1. The Balaban J connectivity index is 1.85. The summed E-state index contributed by atoms with van der Waals surface area (Å²) in [4.78, 5) is 7.90. The summed E-state index contributed by atoms with van der Waals surface area (Å²) in [7, 11) is 0. The minimum absolute atomic E-state index is 0.319. The molecule has 1 saturated carbocycles. The highest BCUT2D eigenvalue weighted by Gasteiger charge is 2.23. The zero-order valence-electron chi connectivity index (χ0n) is 7.35. The number of aliphatic hydroxyl groups excluding tert-OH is 1. The molecule has 1 aliphatic rings. The Hall–Kier alpha value is -0.960. The predicted octanol–water partition coefficient (Wildman–Crippen LogP) is 1.73. The molecule has 0 saturated heterocycles. The first-order valence-electron chi connectivity index (χ1n) is 4.51. The van der Waals surface area contributed by atoms with Gasteiger partial charge in [-0.05, 0) is 31.6 Å². The topological polar surface area (TPSA) is 46.0 Å². The molecule has 0 spiro atoms. The first kappa shape index (κ1) is 8.63. The zero-order valence-corrected chi connectivity index (χ0v) is 7.35. The van der Waals surface area contributed by atoms with E-state index in [0.717, 1.165) is 5.92 Å². The van der Waals surface area contributed by atoms with E-state index in [2.05, 4.69) is 16.4 Å². The van der Waals surface area contributed by atoms with Crippen LogP contribution in [0.3, 0.4) is 0 Å². The summed E-state index contributed by atoms with van der Waals surface area (Å²) in [5.41, 5.74) is 0.583. The van der Waals surface area contributed by atoms with Crippen LogP contribution in [0, 0.1) is 18.4 Å². The monoisotopic (exact) mass is 176 g/mol. The van der Waals surface area contributed by atoms with Crippen LogP contribution in [-0.4, -0.2) is 15.1 Å². The average Bonchev–Trinajstić information content (AvgIpc) is 2.99. The quantitative estimate of drug-likeness (QED) is 0.760. The summed E-state index contributed by atoms with van der Waals surface area (Å²) in [5, 5.41) is 9.58. The number of rotatable bonds is 4. The van der Waals surface area contributed by atoms with Crippen LogP contribution in [0.5, 0.6) is 0 Å². The maximum atomic E-state index is 9.58. The number of hydrogen-bond acceptors (Lipinski definition) is 3. The fourth-order valence-electron chi connectivity index (χ4n) is 1.16. The van der Waals surface area contributed by atoms with Crippen LogP contribution in [-0.2, 0) is 0 Å². The summed E-state index contributed by atoms with van der Waals surface area (Å²) in [6, 6.07) is 0. The van der Waals surface area contributed by atoms with Crippen LogP contribution in [0.2, 0.25) is 0 Å². The summed E-state index contributed by atoms with van der Waals surface area (Å²) in [6.07, 6.45) is 10.4. The molecular formula is C10H12N2O. The van der Waals surface area contributed by atoms with Gasteiger partial charge < -0.3 is 5.11 Å². The number of aromatic nitrogens is 2. The first-order chi connectivity index (χ1) is 6.36. The SMILES string of the molecule is O[C](C[CH]C1CC1)c1cnccn1. The Morgan fingerprint density at radius 3 is 3.00 bits per heavy atom. The number of aliphatic hydroxyl groups is 1. The molecule has 13 heavy (non-hydrogen) atoms. The van der Waals surface area contributed by atoms with Gasteiger partial charge in [-0.2, -0.15) is 0 Å². The molecule has 0 bridgehead atoms. The molecule has 2 rings (SSSR count). The summed E-state index contributed by atoms with van der Waals surface area (Å²) >= 11 is 0. The molecule has 0 aromatic carbocycles. The maximum Gasteiger partial charge on any atom is 0.143 e. The molecule has 3 heteroatoms. The average molecular weight is 176 g/mol. The number of nitrogens with zero attached hydrogens (tertiary/aromatic N) is 2. The zero-order chi connectivity index (χ0) is 9.10. The van der Waals surface area contributed by atoms with Crippen molar-refractivity contribution in [2.24, 2.45) is 5.92 Å². The van der Waals surface area contributed by atoms with Crippen LogP contribution in [0.4, 0.5) is 0 Å². The molecule has 0 atom stereocenters. The largest absolute Gasteiger partial charge is 0.380 e. The fourth-order valence-corrected chi connectivity index (χ4v) is 1.16. The van der Waals surface area contributed by atoms with Crippen LogP contribution in [0.1, 0.15) is 25.0 Å².